The van der Waals surface area contributed by atoms with Gasteiger partial charge in [0.15, 0.2) is 6.29 Å². The highest BCUT2D eigenvalue weighted by molar-refractivity contribution is 6.59. The summed E-state index contributed by atoms with van der Waals surface area (Å²) in [5, 5.41) is 0. The zero-order valence-electron chi connectivity index (χ0n) is 18.0. The molecule has 6 heteroatoms. The molecule has 0 bridgehead atoms. The number of hydrogen-bond acceptors (Lipinski definition) is 5. The number of aryl methyl sites for hydroxylation is 1. The standard InChI is InChI=1S/C21H38O5Si/c1-7-10-16-22-19(5)25-21-13-11-12-20(17-21)15-14-18(4)26-27(6,23-8-2)24-9-3/h11-13,17-19H,7-10,14-16H2,1-6H3. The van der Waals surface area contributed by atoms with Crippen molar-refractivity contribution in [1.82, 2.24) is 0 Å². The van der Waals surface area contributed by atoms with E-state index >= 15 is 0 Å². The summed E-state index contributed by atoms with van der Waals surface area (Å²) in [6, 6.07) is 8.18. The van der Waals surface area contributed by atoms with Crippen LogP contribution in [0.1, 0.15) is 59.4 Å². The summed E-state index contributed by atoms with van der Waals surface area (Å²) >= 11 is 0. The van der Waals surface area contributed by atoms with Gasteiger partial charge in [0.25, 0.3) is 0 Å². The molecule has 0 saturated heterocycles. The monoisotopic (exact) mass is 398 g/mol. The Labute approximate surface area is 166 Å². The lowest BCUT2D eigenvalue weighted by atomic mass is 10.1. The third-order valence-corrected chi connectivity index (χ3v) is 6.58. The van der Waals surface area contributed by atoms with Crippen LogP contribution < -0.4 is 4.74 Å². The van der Waals surface area contributed by atoms with Crippen molar-refractivity contribution in [3.8, 4) is 5.75 Å². The molecule has 27 heavy (non-hydrogen) atoms. The smallest absolute Gasteiger partial charge is 0.465 e. The van der Waals surface area contributed by atoms with Crippen molar-refractivity contribution in [3.05, 3.63) is 29.8 Å². The van der Waals surface area contributed by atoms with Gasteiger partial charge < -0.3 is 22.8 Å². The maximum atomic E-state index is 6.13. The Balaban J connectivity index is 2.49. The molecule has 0 saturated carbocycles. The average molecular weight is 399 g/mol. The van der Waals surface area contributed by atoms with Crippen molar-refractivity contribution < 1.29 is 22.8 Å². The Morgan fingerprint density at radius 1 is 1.04 bits per heavy atom. The van der Waals surface area contributed by atoms with Crippen LogP contribution in [0.3, 0.4) is 0 Å². The fraction of sp³-hybridized carbons (Fsp3) is 0.714. The van der Waals surface area contributed by atoms with Crippen molar-refractivity contribution >= 4 is 8.80 Å². The van der Waals surface area contributed by atoms with E-state index in [4.69, 9.17) is 22.8 Å². The van der Waals surface area contributed by atoms with Crippen LogP contribution in [0, 0.1) is 0 Å². The Bertz CT molecular complexity index is 505. The molecule has 0 N–H and O–H groups in total. The van der Waals surface area contributed by atoms with Gasteiger partial charge in [-0.15, -0.1) is 0 Å². The van der Waals surface area contributed by atoms with Crippen LogP contribution in [0.4, 0.5) is 0 Å². The summed E-state index contributed by atoms with van der Waals surface area (Å²) in [4.78, 5) is 0. The molecule has 1 aromatic carbocycles. The van der Waals surface area contributed by atoms with Gasteiger partial charge in [-0.3, -0.25) is 0 Å². The zero-order chi connectivity index (χ0) is 20.1. The van der Waals surface area contributed by atoms with E-state index in [9.17, 15) is 0 Å². The van der Waals surface area contributed by atoms with Gasteiger partial charge >= 0.3 is 8.80 Å². The largest absolute Gasteiger partial charge is 0.497 e. The summed E-state index contributed by atoms with van der Waals surface area (Å²) in [7, 11) is -2.54. The molecule has 0 aliphatic rings. The highest BCUT2D eigenvalue weighted by atomic mass is 28.4. The van der Waals surface area contributed by atoms with Crippen molar-refractivity contribution in [2.75, 3.05) is 19.8 Å². The molecule has 0 heterocycles. The first kappa shape index (κ1) is 24.1. The Morgan fingerprint density at radius 2 is 1.74 bits per heavy atom. The molecule has 1 rings (SSSR count). The Morgan fingerprint density at radius 3 is 2.37 bits per heavy atom. The van der Waals surface area contributed by atoms with E-state index in [0.717, 1.165) is 38.0 Å². The first-order chi connectivity index (χ1) is 12.9. The molecule has 0 aliphatic heterocycles. The second-order valence-corrected chi connectivity index (χ2v) is 9.29. The van der Waals surface area contributed by atoms with E-state index < -0.39 is 8.80 Å². The molecule has 2 atom stereocenters. The van der Waals surface area contributed by atoms with E-state index in [-0.39, 0.29) is 12.4 Å². The maximum Gasteiger partial charge on any atom is 0.497 e. The topological polar surface area (TPSA) is 46.2 Å². The van der Waals surface area contributed by atoms with Gasteiger partial charge in [0, 0.05) is 25.9 Å². The highest BCUT2D eigenvalue weighted by Gasteiger charge is 2.35. The van der Waals surface area contributed by atoms with Gasteiger partial charge in [-0.25, -0.2) is 0 Å². The van der Waals surface area contributed by atoms with Gasteiger partial charge in [0.1, 0.15) is 5.75 Å². The second-order valence-electron chi connectivity index (χ2n) is 6.75. The summed E-state index contributed by atoms with van der Waals surface area (Å²) in [6.07, 6.45) is 3.81. The summed E-state index contributed by atoms with van der Waals surface area (Å²) in [6.45, 7) is 14.0. The number of ether oxygens (including phenoxy) is 2. The normalized spacial score (nSPS) is 14.1. The lowest BCUT2D eigenvalue weighted by Gasteiger charge is -2.28. The summed E-state index contributed by atoms with van der Waals surface area (Å²) < 4.78 is 29.2. The third kappa shape index (κ3) is 10.3. The van der Waals surface area contributed by atoms with E-state index in [0.29, 0.717) is 13.2 Å². The Hall–Kier alpha value is -0.923. The fourth-order valence-electron chi connectivity index (χ4n) is 2.82. The molecule has 0 spiro atoms. The number of hydrogen-bond donors (Lipinski definition) is 0. The SMILES string of the molecule is CCCCOC(C)Oc1cccc(CCC(C)O[Si](C)(OCC)OCC)c1. The minimum absolute atomic E-state index is 0.0700. The summed E-state index contributed by atoms with van der Waals surface area (Å²) in [5.41, 5.74) is 1.22. The molecular formula is C21H38O5Si. The molecule has 2 unspecified atom stereocenters. The zero-order valence-corrected chi connectivity index (χ0v) is 19.0. The van der Waals surface area contributed by atoms with E-state index in [1.54, 1.807) is 0 Å². The summed E-state index contributed by atoms with van der Waals surface area (Å²) in [5.74, 6) is 0.841. The van der Waals surface area contributed by atoms with Crippen molar-refractivity contribution in [1.29, 1.82) is 0 Å². The molecule has 5 nitrogen and oxygen atoms in total. The molecule has 0 amide bonds. The minimum Gasteiger partial charge on any atom is -0.465 e. The van der Waals surface area contributed by atoms with Gasteiger partial charge in [-0.1, -0.05) is 25.5 Å². The number of benzene rings is 1. The first-order valence-electron chi connectivity index (χ1n) is 10.2. The van der Waals surface area contributed by atoms with Gasteiger partial charge in [-0.05, 0) is 64.7 Å². The van der Waals surface area contributed by atoms with Crippen molar-refractivity contribution in [3.63, 3.8) is 0 Å². The highest BCUT2D eigenvalue weighted by Crippen LogP contribution is 2.19. The third-order valence-electron chi connectivity index (χ3n) is 4.12. The molecule has 0 aromatic heterocycles. The maximum absolute atomic E-state index is 6.13. The van der Waals surface area contributed by atoms with Crippen LogP contribution in [0.5, 0.6) is 5.75 Å². The van der Waals surface area contributed by atoms with Crippen LogP contribution in [0.15, 0.2) is 24.3 Å². The minimum atomic E-state index is -2.54. The predicted octanol–water partition coefficient (Wildman–Crippen LogP) is 5.21. The van der Waals surface area contributed by atoms with Crippen molar-refractivity contribution in [2.45, 2.75) is 79.2 Å². The van der Waals surface area contributed by atoms with E-state index in [1.807, 2.05) is 39.5 Å². The van der Waals surface area contributed by atoms with E-state index in [1.165, 1.54) is 5.56 Å². The Kier molecular flexibility index (Phi) is 11.9. The molecule has 0 aliphatic carbocycles. The lowest BCUT2D eigenvalue weighted by molar-refractivity contribution is -0.0674. The van der Waals surface area contributed by atoms with Crippen LogP contribution in [-0.2, 0) is 24.4 Å². The second kappa shape index (κ2) is 13.3. The van der Waals surface area contributed by atoms with Gasteiger partial charge in [0.05, 0.1) is 6.61 Å². The van der Waals surface area contributed by atoms with Crippen molar-refractivity contribution in [2.24, 2.45) is 0 Å². The lowest BCUT2D eigenvalue weighted by Crippen LogP contribution is -2.45. The number of unbranched alkanes of at least 4 members (excludes halogenated alkanes) is 1. The van der Waals surface area contributed by atoms with Crippen LogP contribution >= 0.6 is 0 Å². The van der Waals surface area contributed by atoms with Gasteiger partial charge in [-0.2, -0.15) is 0 Å². The van der Waals surface area contributed by atoms with Gasteiger partial charge in [0.2, 0.25) is 0 Å². The quantitative estimate of drug-likeness (QED) is 0.231. The molecular weight excluding hydrogens is 360 g/mol. The van der Waals surface area contributed by atoms with Crippen LogP contribution in [-0.4, -0.2) is 41.0 Å². The van der Waals surface area contributed by atoms with Crippen LogP contribution in [0.25, 0.3) is 0 Å². The van der Waals surface area contributed by atoms with Crippen LogP contribution in [0.2, 0.25) is 6.55 Å². The molecule has 0 fully saturated rings. The average Bonchev–Trinajstić information content (AvgIpc) is 2.61. The first-order valence-corrected chi connectivity index (χ1v) is 12.5. The fourth-order valence-corrected chi connectivity index (χ4v) is 4.94. The number of rotatable bonds is 15. The molecule has 1 aromatic rings. The predicted molar refractivity (Wildman–Crippen MR) is 111 cm³/mol. The molecule has 156 valence electrons. The molecule has 0 radical (unpaired) electrons. The van der Waals surface area contributed by atoms with E-state index in [2.05, 4.69) is 26.0 Å².